The molecule has 5 nitrogen and oxygen atoms in total. The highest BCUT2D eigenvalue weighted by Crippen LogP contribution is 1.91. The van der Waals surface area contributed by atoms with Crippen LogP contribution >= 0.6 is 0 Å². The van der Waals surface area contributed by atoms with Crippen LogP contribution in [0.4, 0.5) is 0 Å². The highest BCUT2D eigenvalue weighted by Gasteiger charge is 2.14. The summed E-state index contributed by atoms with van der Waals surface area (Å²) in [6.07, 6.45) is -0.560. The summed E-state index contributed by atoms with van der Waals surface area (Å²) in [6.45, 7) is 6.06. The third-order valence-electron chi connectivity index (χ3n) is 1.79. The Bertz CT molecular complexity index is 170. The van der Waals surface area contributed by atoms with Gasteiger partial charge in [-0.1, -0.05) is 13.8 Å². The molecule has 0 aliphatic rings. The van der Waals surface area contributed by atoms with Crippen molar-refractivity contribution in [3.63, 3.8) is 0 Å². The van der Waals surface area contributed by atoms with Crippen LogP contribution in [0.3, 0.4) is 0 Å². The monoisotopic (exact) mass is 218 g/mol. The minimum Gasteiger partial charge on any atom is -0.379 e. The van der Waals surface area contributed by atoms with Gasteiger partial charge in [0.25, 0.3) is 5.91 Å². The number of methoxy groups -OCH3 is 1. The summed E-state index contributed by atoms with van der Waals surface area (Å²) in [7, 11) is 1.46. The van der Waals surface area contributed by atoms with Crippen LogP contribution in [0.2, 0.25) is 0 Å². The lowest BCUT2D eigenvalue weighted by atomic mass is 10.2. The summed E-state index contributed by atoms with van der Waals surface area (Å²) in [6, 6.07) is 0. The lowest BCUT2D eigenvalue weighted by Gasteiger charge is -2.13. The molecule has 0 spiro atoms. The molecule has 15 heavy (non-hydrogen) atoms. The van der Waals surface area contributed by atoms with Gasteiger partial charge < -0.3 is 20.5 Å². The number of nitrogens with one attached hydrogen (secondary N) is 1. The topological polar surface area (TPSA) is 73.6 Å². The van der Waals surface area contributed by atoms with Crippen molar-refractivity contribution >= 4 is 5.91 Å². The van der Waals surface area contributed by atoms with E-state index in [-0.39, 0.29) is 12.5 Å². The normalized spacial score (nSPS) is 12.9. The van der Waals surface area contributed by atoms with Gasteiger partial charge in [-0.25, -0.2) is 0 Å². The highest BCUT2D eigenvalue weighted by atomic mass is 16.5. The van der Waals surface area contributed by atoms with Crippen LogP contribution < -0.4 is 11.1 Å². The molecule has 0 aromatic rings. The maximum Gasteiger partial charge on any atom is 0.250 e. The van der Waals surface area contributed by atoms with Gasteiger partial charge >= 0.3 is 0 Å². The van der Waals surface area contributed by atoms with Crippen LogP contribution in [0.15, 0.2) is 0 Å². The van der Waals surface area contributed by atoms with E-state index in [9.17, 15) is 4.79 Å². The zero-order valence-corrected chi connectivity index (χ0v) is 9.79. The summed E-state index contributed by atoms with van der Waals surface area (Å²) in [4.78, 5) is 11.3. The van der Waals surface area contributed by atoms with Crippen molar-refractivity contribution in [2.24, 2.45) is 11.7 Å². The molecule has 0 bridgehead atoms. The molecule has 90 valence electrons. The number of carbonyl (C=O) groups is 1. The van der Waals surface area contributed by atoms with E-state index in [1.54, 1.807) is 0 Å². The van der Waals surface area contributed by atoms with Crippen molar-refractivity contribution in [3.8, 4) is 0 Å². The summed E-state index contributed by atoms with van der Waals surface area (Å²) in [5.41, 5.74) is 5.34. The van der Waals surface area contributed by atoms with Gasteiger partial charge in [-0.15, -0.1) is 0 Å². The van der Waals surface area contributed by atoms with E-state index >= 15 is 0 Å². The number of nitrogens with two attached hydrogens (primary N) is 1. The lowest BCUT2D eigenvalue weighted by Crippen LogP contribution is -2.41. The quantitative estimate of drug-likeness (QED) is 0.551. The van der Waals surface area contributed by atoms with E-state index in [0.717, 1.165) is 0 Å². The fraction of sp³-hybridized carbons (Fsp3) is 0.900. The molecule has 1 unspecified atom stereocenters. The molecule has 3 N–H and O–H groups in total. The van der Waals surface area contributed by atoms with Crippen LogP contribution in [0.5, 0.6) is 0 Å². The molecule has 1 amide bonds. The number of carbonyl (C=O) groups excluding carboxylic acids is 1. The molecule has 0 fully saturated rings. The van der Waals surface area contributed by atoms with Gasteiger partial charge in [0.1, 0.15) is 6.10 Å². The van der Waals surface area contributed by atoms with Crippen molar-refractivity contribution in [1.82, 2.24) is 5.32 Å². The van der Waals surface area contributed by atoms with Gasteiger partial charge in [0.2, 0.25) is 0 Å². The van der Waals surface area contributed by atoms with Gasteiger partial charge in [0.05, 0.1) is 6.61 Å². The first-order valence-electron chi connectivity index (χ1n) is 5.20. The summed E-state index contributed by atoms with van der Waals surface area (Å²) in [5, 5.41) is 2.69. The average molecular weight is 218 g/mol. The zero-order chi connectivity index (χ0) is 11.7. The second-order valence-electron chi connectivity index (χ2n) is 3.72. The molecule has 0 aromatic heterocycles. The molecule has 0 radical (unpaired) electrons. The number of hydrogen-bond donors (Lipinski definition) is 2. The van der Waals surface area contributed by atoms with E-state index in [2.05, 4.69) is 19.2 Å². The van der Waals surface area contributed by atoms with Gasteiger partial charge in [-0.3, -0.25) is 4.79 Å². The maximum absolute atomic E-state index is 11.3. The van der Waals surface area contributed by atoms with Crippen LogP contribution in [0.1, 0.15) is 13.8 Å². The standard InChI is InChI=1S/C10H22N2O3/c1-8(2)7-15-5-4-12-10(13)9(6-11)14-3/h8-9H,4-7,11H2,1-3H3,(H,12,13). The second kappa shape index (κ2) is 8.64. The second-order valence-corrected chi connectivity index (χ2v) is 3.72. The van der Waals surface area contributed by atoms with Gasteiger partial charge in [-0.2, -0.15) is 0 Å². The summed E-state index contributed by atoms with van der Waals surface area (Å²) in [5.74, 6) is 0.324. The number of amides is 1. The first kappa shape index (κ1) is 14.3. The molecule has 5 heteroatoms. The SMILES string of the molecule is COC(CN)C(=O)NCCOCC(C)C. The average Bonchev–Trinajstić information content (AvgIpc) is 2.18. The number of ether oxygens (including phenoxy) is 2. The molecule has 0 aromatic carbocycles. The molecule has 1 atom stereocenters. The van der Waals surface area contributed by atoms with Crippen LogP contribution in [0, 0.1) is 5.92 Å². The van der Waals surface area contributed by atoms with Crippen molar-refractivity contribution in [2.45, 2.75) is 20.0 Å². The Hall–Kier alpha value is -0.650. The van der Waals surface area contributed by atoms with E-state index in [1.165, 1.54) is 7.11 Å². The third-order valence-corrected chi connectivity index (χ3v) is 1.79. The van der Waals surface area contributed by atoms with Crippen molar-refractivity contribution < 1.29 is 14.3 Å². The summed E-state index contributed by atoms with van der Waals surface area (Å²) >= 11 is 0. The lowest BCUT2D eigenvalue weighted by molar-refractivity contribution is -0.130. The van der Waals surface area contributed by atoms with Crippen LogP contribution in [0.25, 0.3) is 0 Å². The van der Waals surface area contributed by atoms with Gasteiger partial charge in [0, 0.05) is 26.8 Å². The largest absolute Gasteiger partial charge is 0.379 e. The Morgan fingerprint density at radius 2 is 2.13 bits per heavy atom. The molecular weight excluding hydrogens is 196 g/mol. The zero-order valence-electron chi connectivity index (χ0n) is 9.79. The fourth-order valence-electron chi connectivity index (χ4n) is 0.990. The third kappa shape index (κ3) is 7.30. The van der Waals surface area contributed by atoms with E-state index in [1.807, 2.05) is 0 Å². The van der Waals surface area contributed by atoms with Gasteiger partial charge in [0.15, 0.2) is 0 Å². The molecule has 0 heterocycles. The minimum atomic E-state index is -0.560. The molecule has 0 aliphatic carbocycles. The molecule has 0 saturated heterocycles. The maximum atomic E-state index is 11.3. The molecule has 0 saturated carbocycles. The van der Waals surface area contributed by atoms with Crippen molar-refractivity contribution in [1.29, 1.82) is 0 Å². The molecule has 0 rings (SSSR count). The van der Waals surface area contributed by atoms with Gasteiger partial charge in [-0.05, 0) is 5.92 Å². The predicted octanol–water partition coefficient (Wildman–Crippen LogP) is -0.251. The summed E-state index contributed by atoms with van der Waals surface area (Å²) < 4.78 is 10.2. The van der Waals surface area contributed by atoms with Crippen LogP contribution in [-0.4, -0.2) is 45.4 Å². The number of hydrogen-bond acceptors (Lipinski definition) is 4. The first-order chi connectivity index (χ1) is 7.11. The highest BCUT2D eigenvalue weighted by molar-refractivity contribution is 5.80. The molecular formula is C10H22N2O3. The van der Waals surface area contributed by atoms with E-state index in [0.29, 0.717) is 25.7 Å². The Labute approximate surface area is 91.3 Å². The predicted molar refractivity (Wildman–Crippen MR) is 58.5 cm³/mol. The Morgan fingerprint density at radius 3 is 2.60 bits per heavy atom. The van der Waals surface area contributed by atoms with Crippen molar-refractivity contribution in [2.75, 3.05) is 33.4 Å². The van der Waals surface area contributed by atoms with E-state index in [4.69, 9.17) is 15.2 Å². The fourth-order valence-corrected chi connectivity index (χ4v) is 0.990. The number of rotatable bonds is 8. The van der Waals surface area contributed by atoms with E-state index < -0.39 is 6.10 Å². The Kier molecular flexibility index (Phi) is 8.27. The smallest absolute Gasteiger partial charge is 0.250 e. The Balaban J connectivity index is 3.46. The van der Waals surface area contributed by atoms with Crippen LogP contribution in [-0.2, 0) is 14.3 Å². The Morgan fingerprint density at radius 1 is 1.47 bits per heavy atom. The minimum absolute atomic E-state index is 0.187. The molecule has 0 aliphatic heterocycles. The van der Waals surface area contributed by atoms with Crippen molar-refractivity contribution in [3.05, 3.63) is 0 Å². The first-order valence-corrected chi connectivity index (χ1v) is 5.20.